The van der Waals surface area contributed by atoms with Crippen LogP contribution in [0.1, 0.15) is 31.4 Å². The number of nitrogens with one attached hydrogen (secondary N) is 1. The molecule has 0 aliphatic carbocycles. The minimum atomic E-state index is -4.06. The van der Waals surface area contributed by atoms with Crippen LogP contribution >= 0.6 is 0 Å². The van der Waals surface area contributed by atoms with Crippen molar-refractivity contribution in [3.8, 4) is 0 Å². The number of rotatable bonds is 13. The third-order valence-corrected chi connectivity index (χ3v) is 10.5. The van der Waals surface area contributed by atoms with E-state index in [1.165, 1.54) is 4.31 Å². The first-order valence-corrected chi connectivity index (χ1v) is 17.5. The highest BCUT2D eigenvalue weighted by atomic mass is 32.2. The van der Waals surface area contributed by atoms with Gasteiger partial charge in [0.15, 0.2) is 6.29 Å². The highest BCUT2D eigenvalue weighted by molar-refractivity contribution is 7.89. The first-order valence-electron chi connectivity index (χ1n) is 16.1. The Hall–Kier alpha value is -3.81. The van der Waals surface area contributed by atoms with Crippen molar-refractivity contribution in [1.82, 2.24) is 19.2 Å². The maximum absolute atomic E-state index is 14.2. The average molecular weight is 663 g/mol. The highest BCUT2D eigenvalue weighted by Gasteiger charge is 2.44. The molecule has 0 spiro atoms. The Kier molecular flexibility index (Phi) is 10.2. The van der Waals surface area contributed by atoms with Gasteiger partial charge in [-0.25, -0.2) is 18.2 Å². The Balaban J connectivity index is 1.22. The van der Waals surface area contributed by atoms with Gasteiger partial charge in [-0.15, -0.1) is 0 Å². The van der Waals surface area contributed by atoms with Gasteiger partial charge >= 0.3 is 6.09 Å². The molecule has 12 heteroatoms. The Morgan fingerprint density at radius 2 is 1.77 bits per heavy atom. The Bertz CT molecular complexity index is 1750. The minimum Gasteiger partial charge on any atom is -0.443 e. The van der Waals surface area contributed by atoms with Crippen LogP contribution in [-0.4, -0.2) is 84.3 Å². The molecular formula is C35H42N4O7S. The summed E-state index contributed by atoms with van der Waals surface area (Å²) in [5, 5.41) is 14.5. The van der Waals surface area contributed by atoms with Crippen LogP contribution in [0.2, 0.25) is 0 Å². The van der Waals surface area contributed by atoms with Gasteiger partial charge in [0.25, 0.3) is 0 Å². The van der Waals surface area contributed by atoms with Crippen molar-refractivity contribution in [3.05, 3.63) is 96.3 Å². The molecule has 6 rings (SSSR count). The lowest BCUT2D eigenvalue weighted by Gasteiger charge is -2.31. The van der Waals surface area contributed by atoms with E-state index in [4.69, 9.17) is 14.2 Å². The molecule has 2 aliphatic rings. The predicted octanol–water partition coefficient (Wildman–Crippen LogP) is 4.19. The maximum atomic E-state index is 14.2. The molecule has 11 nitrogen and oxygen atoms in total. The van der Waals surface area contributed by atoms with Gasteiger partial charge in [0, 0.05) is 19.6 Å². The summed E-state index contributed by atoms with van der Waals surface area (Å²) in [6.07, 6.45) is -0.0509. The topological polar surface area (TPSA) is 132 Å². The molecule has 0 radical (unpaired) electrons. The first kappa shape index (κ1) is 33.1. The van der Waals surface area contributed by atoms with Gasteiger partial charge in [-0.1, -0.05) is 74.5 Å². The van der Waals surface area contributed by atoms with Crippen LogP contribution in [0.25, 0.3) is 11.0 Å². The van der Waals surface area contributed by atoms with Crippen LogP contribution in [0.5, 0.6) is 0 Å². The van der Waals surface area contributed by atoms with Crippen molar-refractivity contribution in [1.29, 1.82) is 0 Å². The van der Waals surface area contributed by atoms with Gasteiger partial charge in [-0.2, -0.15) is 4.31 Å². The standard InChI is InChI=1S/C35H42N4O7S/c1-24(2)19-39(47(42,43)27-13-14-29-31(18-27)38(23-36-29)20-26-11-7-4-8-12-26)21-32(40)30(17-25-9-5-3-6-10-25)37-35(41)46-33-22-45-34-28(33)15-16-44-34/h3-14,18,23-24,28,30,32-34,40H,15-17,19-22H2,1-2H3,(H,37,41)/t28?,30-,32+,33?,34?/m0/s1. The van der Waals surface area contributed by atoms with E-state index in [1.807, 2.05) is 79.1 Å². The summed E-state index contributed by atoms with van der Waals surface area (Å²) < 4.78 is 48.6. The normalized spacial score (nSPS) is 20.8. The summed E-state index contributed by atoms with van der Waals surface area (Å²) >= 11 is 0. The summed E-state index contributed by atoms with van der Waals surface area (Å²) in [5.74, 6) is -0.0648. The van der Waals surface area contributed by atoms with Crippen molar-refractivity contribution in [2.45, 2.75) is 62.7 Å². The number of nitrogens with zero attached hydrogens (tertiary/aromatic N) is 3. The first-order chi connectivity index (χ1) is 22.7. The quantitative estimate of drug-likeness (QED) is 0.218. The van der Waals surface area contributed by atoms with Gasteiger partial charge in [-0.3, -0.25) is 0 Å². The van der Waals surface area contributed by atoms with E-state index in [0.717, 1.165) is 17.5 Å². The highest BCUT2D eigenvalue weighted by Crippen LogP contribution is 2.33. The molecule has 5 atom stereocenters. The zero-order chi connectivity index (χ0) is 33.0. The van der Waals surface area contributed by atoms with Crippen molar-refractivity contribution in [2.24, 2.45) is 11.8 Å². The molecule has 4 aromatic rings. The lowest BCUT2D eigenvalue weighted by molar-refractivity contribution is -0.0907. The number of imidazole rings is 1. The number of hydrogen-bond acceptors (Lipinski definition) is 8. The fraction of sp³-hybridized carbons (Fsp3) is 0.429. The number of ether oxygens (including phenoxy) is 3. The summed E-state index contributed by atoms with van der Waals surface area (Å²) in [5.41, 5.74) is 3.32. The van der Waals surface area contributed by atoms with Crippen LogP contribution < -0.4 is 5.32 Å². The second-order valence-electron chi connectivity index (χ2n) is 12.7. The molecule has 2 saturated heterocycles. The maximum Gasteiger partial charge on any atom is 0.407 e. The number of aliphatic hydroxyl groups excluding tert-OH is 1. The van der Waals surface area contributed by atoms with Crippen LogP contribution in [0.4, 0.5) is 4.79 Å². The lowest BCUT2D eigenvalue weighted by atomic mass is 10.0. The number of benzene rings is 3. The molecular weight excluding hydrogens is 620 g/mol. The largest absolute Gasteiger partial charge is 0.443 e. The Morgan fingerprint density at radius 3 is 2.49 bits per heavy atom. The van der Waals surface area contributed by atoms with Crippen LogP contribution in [0.3, 0.4) is 0 Å². The Labute approximate surface area is 275 Å². The number of sulfonamides is 1. The van der Waals surface area contributed by atoms with E-state index < -0.39 is 34.4 Å². The van der Waals surface area contributed by atoms with Gasteiger partial charge < -0.3 is 29.2 Å². The smallest absolute Gasteiger partial charge is 0.407 e. The molecule has 3 aromatic carbocycles. The average Bonchev–Trinajstić information content (AvgIpc) is 3.79. The third-order valence-electron chi connectivity index (χ3n) is 8.70. The van der Waals surface area contributed by atoms with Crippen LogP contribution in [-0.2, 0) is 37.2 Å². The van der Waals surface area contributed by atoms with E-state index in [2.05, 4.69) is 10.3 Å². The molecule has 3 unspecified atom stereocenters. The molecule has 47 heavy (non-hydrogen) atoms. The molecule has 0 saturated carbocycles. The van der Waals surface area contributed by atoms with Gasteiger partial charge in [-0.05, 0) is 48.1 Å². The van der Waals surface area contributed by atoms with E-state index >= 15 is 0 Å². The van der Waals surface area contributed by atoms with Crippen molar-refractivity contribution in [3.63, 3.8) is 0 Å². The number of alkyl carbamates (subject to hydrolysis) is 1. The zero-order valence-electron chi connectivity index (χ0n) is 26.6. The SMILES string of the molecule is CC(C)CN(C[C@@H](O)[C@H](Cc1ccccc1)NC(=O)OC1COC2OCCC12)S(=O)(=O)c1ccc2ncn(Cc3ccccc3)c2c1. The number of carbonyl (C=O) groups excluding carboxylic acids is 1. The Morgan fingerprint density at radius 1 is 1.04 bits per heavy atom. The number of aliphatic hydroxyl groups is 1. The van der Waals surface area contributed by atoms with Gasteiger partial charge in [0.05, 0.1) is 53.5 Å². The van der Waals surface area contributed by atoms with E-state index in [0.29, 0.717) is 24.2 Å². The predicted molar refractivity (Wildman–Crippen MR) is 176 cm³/mol. The third kappa shape index (κ3) is 7.85. The monoisotopic (exact) mass is 662 g/mol. The molecule has 0 bridgehead atoms. The molecule has 2 N–H and O–H groups in total. The number of fused-ring (bicyclic) bond motifs is 2. The van der Waals surface area contributed by atoms with Gasteiger partial charge in [0.1, 0.15) is 6.10 Å². The lowest BCUT2D eigenvalue weighted by Crippen LogP contribution is -2.51. The molecule has 2 fully saturated rings. The van der Waals surface area contributed by atoms with Crippen LogP contribution in [0, 0.1) is 11.8 Å². The summed E-state index contributed by atoms with van der Waals surface area (Å²) in [6.45, 7) is 5.12. The second kappa shape index (κ2) is 14.5. The number of amides is 1. The van der Waals surface area contributed by atoms with Crippen LogP contribution in [0.15, 0.2) is 90.1 Å². The van der Waals surface area contributed by atoms with Crippen molar-refractivity contribution < 1.29 is 32.5 Å². The van der Waals surface area contributed by atoms with Crippen molar-refractivity contribution >= 4 is 27.1 Å². The zero-order valence-corrected chi connectivity index (χ0v) is 27.5. The second-order valence-corrected chi connectivity index (χ2v) is 14.6. The molecule has 3 heterocycles. The fourth-order valence-corrected chi connectivity index (χ4v) is 7.93. The van der Waals surface area contributed by atoms with E-state index in [1.54, 1.807) is 24.5 Å². The molecule has 2 aliphatic heterocycles. The summed E-state index contributed by atoms with van der Waals surface area (Å²) in [7, 11) is -4.06. The van der Waals surface area contributed by atoms with E-state index in [9.17, 15) is 18.3 Å². The molecule has 1 aromatic heterocycles. The summed E-state index contributed by atoms with van der Waals surface area (Å²) in [4.78, 5) is 17.7. The van der Waals surface area contributed by atoms with E-state index in [-0.39, 0.29) is 49.1 Å². The molecule has 250 valence electrons. The van der Waals surface area contributed by atoms with Gasteiger partial charge in [0.2, 0.25) is 10.0 Å². The minimum absolute atomic E-state index is 0.0289. The fourth-order valence-electron chi connectivity index (χ4n) is 6.29. The summed E-state index contributed by atoms with van der Waals surface area (Å²) in [6, 6.07) is 23.4. The van der Waals surface area contributed by atoms with Crippen molar-refractivity contribution in [2.75, 3.05) is 26.3 Å². The number of aromatic nitrogens is 2. The number of carbonyl (C=O) groups is 1. The number of hydrogen-bond donors (Lipinski definition) is 2. The molecule has 1 amide bonds.